The van der Waals surface area contributed by atoms with Crippen LogP contribution >= 0.6 is 0 Å². The average Bonchev–Trinajstić information content (AvgIpc) is 2.00. The van der Waals surface area contributed by atoms with E-state index in [0.29, 0.717) is 6.92 Å². The van der Waals surface area contributed by atoms with E-state index in [0.717, 1.165) is 0 Å². The molecule has 0 aliphatic rings. The first kappa shape index (κ1) is 14.1. The van der Waals surface area contributed by atoms with Gasteiger partial charge < -0.3 is 9.53 Å². The normalized spacial score (nSPS) is 16.3. The van der Waals surface area contributed by atoms with E-state index in [-0.39, 0.29) is 6.29 Å². The Morgan fingerprint density at radius 3 is 1.73 bits per heavy atom. The van der Waals surface area contributed by atoms with Crippen LogP contribution in [0.15, 0.2) is 0 Å². The summed E-state index contributed by atoms with van der Waals surface area (Å²) < 4.78 is 86.2. The molecule has 0 fully saturated rings. The van der Waals surface area contributed by atoms with Gasteiger partial charge in [-0.2, -0.15) is 30.7 Å². The largest absolute Gasteiger partial charge is 0.462 e. The zero-order chi connectivity index (χ0) is 12.5. The molecule has 0 amide bonds. The van der Waals surface area contributed by atoms with Crippen molar-refractivity contribution in [3.63, 3.8) is 0 Å². The molecule has 0 N–H and O–H groups in total. The van der Waals surface area contributed by atoms with Crippen molar-refractivity contribution in [1.82, 2.24) is 0 Å². The lowest BCUT2D eigenvalue weighted by Crippen LogP contribution is -2.54. The first-order valence-corrected chi connectivity index (χ1v) is 3.41. The van der Waals surface area contributed by atoms with Gasteiger partial charge >= 0.3 is 18.2 Å². The van der Waals surface area contributed by atoms with Crippen LogP contribution < -0.4 is 0 Å². The fourth-order valence-electron chi connectivity index (χ4n) is 0.500. The lowest BCUT2D eigenvalue weighted by atomic mass is 10.3. The molecule has 0 aliphatic carbocycles. The van der Waals surface area contributed by atoms with Crippen molar-refractivity contribution < 1.29 is 40.3 Å². The van der Waals surface area contributed by atoms with Gasteiger partial charge in [-0.1, -0.05) is 0 Å². The van der Waals surface area contributed by atoms with Crippen molar-refractivity contribution in [3.05, 3.63) is 0 Å². The molecule has 15 heavy (non-hydrogen) atoms. The molecule has 0 heterocycles. The Morgan fingerprint density at radius 2 is 1.47 bits per heavy atom. The van der Waals surface area contributed by atoms with Crippen molar-refractivity contribution in [3.8, 4) is 0 Å². The van der Waals surface area contributed by atoms with Crippen LogP contribution in [-0.2, 0) is 9.53 Å². The fraction of sp³-hybridized carbons (Fsp3) is 0.833. The third kappa shape index (κ3) is 2.80. The summed E-state index contributed by atoms with van der Waals surface area (Å²) in [5.74, 6) is -6.35. The molecule has 2 nitrogen and oxygen atoms in total. The van der Waals surface area contributed by atoms with Crippen molar-refractivity contribution >= 4 is 6.29 Å². The molecule has 0 saturated carbocycles. The highest BCUT2D eigenvalue weighted by Gasteiger charge is 2.74. The molecule has 0 spiro atoms. The summed E-state index contributed by atoms with van der Waals surface area (Å²) in [6.07, 6.45) is -14.7. The molecule has 0 radical (unpaired) electrons. The molecule has 1 atom stereocenters. The lowest BCUT2D eigenvalue weighted by molar-refractivity contribution is -0.427. The van der Waals surface area contributed by atoms with Crippen LogP contribution in [0, 0.1) is 0 Å². The molecule has 9 heteroatoms. The summed E-state index contributed by atoms with van der Waals surface area (Å²) in [4.78, 5) is 9.77. The molecular formula is C6H5F7O2. The predicted molar refractivity (Wildman–Crippen MR) is 32.6 cm³/mol. The first-order valence-electron chi connectivity index (χ1n) is 3.41. The number of alkyl halides is 7. The number of halogens is 7. The van der Waals surface area contributed by atoms with Gasteiger partial charge in [0.25, 0.3) is 0 Å². The third-order valence-corrected chi connectivity index (χ3v) is 1.25. The Labute approximate surface area is 79.0 Å². The Balaban J connectivity index is 4.93. The van der Waals surface area contributed by atoms with Crippen molar-refractivity contribution in [2.75, 3.05) is 0 Å². The molecule has 0 aliphatic heterocycles. The SMILES string of the molecule is CC(C=O)OC(F)(F)C(F)(F)C(F)(F)F. The minimum atomic E-state index is -6.46. The van der Waals surface area contributed by atoms with Crippen molar-refractivity contribution in [1.29, 1.82) is 0 Å². The Bertz CT molecular complexity index is 234. The number of hydrogen-bond donors (Lipinski definition) is 0. The van der Waals surface area contributed by atoms with Crippen molar-refractivity contribution in [2.45, 2.75) is 31.2 Å². The molecule has 1 unspecified atom stereocenters. The van der Waals surface area contributed by atoms with Gasteiger partial charge in [-0.15, -0.1) is 0 Å². The predicted octanol–water partition coefficient (Wildman–Crippen LogP) is 2.38. The van der Waals surface area contributed by atoms with Crippen LogP contribution in [0.25, 0.3) is 0 Å². The standard InChI is InChI=1S/C6H5F7O2/c1-3(2-14)15-6(12,13)4(7,8)5(9,10)11/h2-3H,1H3. The minimum Gasteiger partial charge on any atom is -0.305 e. The van der Waals surface area contributed by atoms with Gasteiger partial charge in [-0.25, -0.2) is 0 Å². The number of aldehydes is 1. The van der Waals surface area contributed by atoms with Crippen LogP contribution in [0.3, 0.4) is 0 Å². The van der Waals surface area contributed by atoms with E-state index in [9.17, 15) is 35.5 Å². The second kappa shape index (κ2) is 3.95. The quantitative estimate of drug-likeness (QED) is 0.558. The second-order valence-electron chi connectivity index (χ2n) is 2.55. The summed E-state index contributed by atoms with van der Waals surface area (Å²) in [6, 6.07) is 0. The monoisotopic (exact) mass is 242 g/mol. The summed E-state index contributed by atoms with van der Waals surface area (Å²) in [7, 11) is 0. The van der Waals surface area contributed by atoms with E-state index < -0.39 is 24.3 Å². The average molecular weight is 242 g/mol. The van der Waals surface area contributed by atoms with Crippen molar-refractivity contribution in [2.24, 2.45) is 0 Å². The first-order chi connectivity index (χ1) is 6.45. The highest BCUT2D eigenvalue weighted by molar-refractivity contribution is 5.55. The van der Waals surface area contributed by atoms with Gasteiger partial charge in [0.1, 0.15) is 12.4 Å². The van der Waals surface area contributed by atoms with E-state index in [2.05, 4.69) is 4.74 Å². The van der Waals surface area contributed by atoms with E-state index in [1.54, 1.807) is 0 Å². The minimum absolute atomic E-state index is 0.333. The van der Waals surface area contributed by atoms with Crippen LogP contribution in [0.4, 0.5) is 30.7 Å². The Kier molecular flexibility index (Phi) is 3.72. The molecular weight excluding hydrogens is 237 g/mol. The molecule has 0 bridgehead atoms. The van der Waals surface area contributed by atoms with Crippen LogP contribution in [0.1, 0.15) is 6.92 Å². The molecule has 0 aromatic rings. The fourth-order valence-corrected chi connectivity index (χ4v) is 0.500. The van der Waals surface area contributed by atoms with Gasteiger partial charge in [0.05, 0.1) is 0 Å². The number of hydrogen-bond acceptors (Lipinski definition) is 2. The zero-order valence-electron chi connectivity index (χ0n) is 7.12. The van der Waals surface area contributed by atoms with Crippen LogP contribution in [0.2, 0.25) is 0 Å². The van der Waals surface area contributed by atoms with Gasteiger partial charge in [0.15, 0.2) is 0 Å². The van der Waals surface area contributed by atoms with Gasteiger partial charge in [0.2, 0.25) is 0 Å². The smallest absolute Gasteiger partial charge is 0.305 e. The van der Waals surface area contributed by atoms with E-state index >= 15 is 0 Å². The molecule has 0 aromatic carbocycles. The third-order valence-electron chi connectivity index (χ3n) is 1.25. The van der Waals surface area contributed by atoms with Crippen LogP contribution in [-0.4, -0.2) is 30.6 Å². The summed E-state index contributed by atoms with van der Waals surface area (Å²) in [6.45, 7) is 0.605. The van der Waals surface area contributed by atoms with E-state index in [4.69, 9.17) is 0 Å². The Hall–Kier alpha value is -0.860. The number of carbonyl (C=O) groups is 1. The number of carbonyl (C=O) groups excluding carboxylic acids is 1. The highest BCUT2D eigenvalue weighted by Crippen LogP contribution is 2.47. The maximum atomic E-state index is 12.3. The topological polar surface area (TPSA) is 26.3 Å². The molecule has 90 valence electrons. The summed E-state index contributed by atoms with van der Waals surface area (Å²) >= 11 is 0. The summed E-state index contributed by atoms with van der Waals surface area (Å²) in [5.41, 5.74) is 0. The highest BCUT2D eigenvalue weighted by atomic mass is 19.4. The van der Waals surface area contributed by atoms with Gasteiger partial charge in [-0.3, -0.25) is 0 Å². The second-order valence-corrected chi connectivity index (χ2v) is 2.55. The lowest BCUT2D eigenvalue weighted by Gasteiger charge is -2.28. The molecule has 0 rings (SSSR count). The molecule has 0 saturated heterocycles. The van der Waals surface area contributed by atoms with Gasteiger partial charge in [0, 0.05) is 0 Å². The van der Waals surface area contributed by atoms with Gasteiger partial charge in [-0.05, 0) is 6.92 Å². The number of rotatable bonds is 4. The Morgan fingerprint density at radius 1 is 1.07 bits per heavy atom. The maximum Gasteiger partial charge on any atom is 0.462 e. The maximum absolute atomic E-state index is 12.3. The zero-order valence-corrected chi connectivity index (χ0v) is 7.12. The van der Waals surface area contributed by atoms with E-state index in [1.165, 1.54) is 0 Å². The number of ether oxygens (including phenoxy) is 1. The summed E-state index contributed by atoms with van der Waals surface area (Å²) in [5, 5.41) is 0. The molecule has 0 aromatic heterocycles. The van der Waals surface area contributed by atoms with E-state index in [1.807, 2.05) is 0 Å². The van der Waals surface area contributed by atoms with Crippen LogP contribution in [0.5, 0.6) is 0 Å².